The van der Waals surface area contributed by atoms with Crippen molar-refractivity contribution in [2.75, 3.05) is 0 Å². The van der Waals surface area contributed by atoms with E-state index >= 15 is 0 Å². The number of hydrogen-bond donors (Lipinski definition) is 3. The molecule has 10 heteroatoms. The molecule has 0 unspecified atom stereocenters. The molecule has 8 aromatic rings. The van der Waals surface area contributed by atoms with Gasteiger partial charge in [-0.25, -0.2) is 4.98 Å². The number of aromatic nitrogens is 4. The van der Waals surface area contributed by atoms with Crippen molar-refractivity contribution in [2.45, 2.75) is 0 Å². The van der Waals surface area contributed by atoms with E-state index in [9.17, 15) is 20.2 Å². The molecular formula is C41H26N6O4. The van der Waals surface area contributed by atoms with E-state index in [-0.39, 0.29) is 11.4 Å². The third-order valence-electron chi connectivity index (χ3n) is 9.37. The van der Waals surface area contributed by atoms with Gasteiger partial charge < -0.3 is 15.0 Å². The smallest absolute Gasteiger partial charge is 0.269 e. The highest BCUT2D eigenvalue weighted by atomic mass is 16.6. The molecule has 244 valence electrons. The Morgan fingerprint density at radius 1 is 0.451 bits per heavy atom. The Labute approximate surface area is 289 Å². The monoisotopic (exact) mass is 666 g/mol. The molecule has 4 aromatic carbocycles. The highest BCUT2D eigenvalue weighted by Crippen LogP contribution is 2.38. The zero-order chi connectivity index (χ0) is 34.6. The number of fused-ring (bicyclic) bond motifs is 10. The van der Waals surface area contributed by atoms with E-state index < -0.39 is 9.85 Å². The summed E-state index contributed by atoms with van der Waals surface area (Å²) in [7, 11) is 0. The number of nitrogens with one attached hydrogen (secondary N) is 3. The summed E-state index contributed by atoms with van der Waals surface area (Å²) in [5, 5.41) is 25.2. The summed E-state index contributed by atoms with van der Waals surface area (Å²) in [5.41, 5.74) is 11.5. The minimum absolute atomic E-state index is 0.00735. The van der Waals surface area contributed by atoms with Crippen LogP contribution in [0.25, 0.3) is 89.4 Å². The number of H-pyrrole nitrogens is 3. The molecule has 0 saturated heterocycles. The van der Waals surface area contributed by atoms with Gasteiger partial charge in [0.15, 0.2) is 0 Å². The molecule has 4 aromatic heterocycles. The predicted molar refractivity (Wildman–Crippen MR) is 202 cm³/mol. The molecule has 5 heterocycles. The first kappa shape index (κ1) is 29.8. The molecule has 1 aliphatic heterocycles. The third kappa shape index (κ3) is 5.10. The fraction of sp³-hybridized carbons (Fsp3) is 0. The lowest BCUT2D eigenvalue weighted by Gasteiger charge is -2.08. The summed E-state index contributed by atoms with van der Waals surface area (Å²) in [6, 6.07) is 39.7. The fourth-order valence-electron chi connectivity index (χ4n) is 6.99. The first-order valence-corrected chi connectivity index (χ1v) is 16.2. The number of non-ortho nitro benzene ring substituents is 2. The van der Waals surface area contributed by atoms with E-state index in [0.717, 1.165) is 82.9 Å². The second kappa shape index (κ2) is 11.7. The van der Waals surface area contributed by atoms with Crippen molar-refractivity contribution < 1.29 is 9.85 Å². The van der Waals surface area contributed by atoms with Crippen LogP contribution < -0.4 is 0 Å². The maximum absolute atomic E-state index is 11.5. The van der Waals surface area contributed by atoms with E-state index in [0.29, 0.717) is 5.69 Å². The summed E-state index contributed by atoms with van der Waals surface area (Å²) in [4.78, 5) is 38.2. The van der Waals surface area contributed by atoms with Gasteiger partial charge in [-0.3, -0.25) is 20.2 Å². The summed E-state index contributed by atoms with van der Waals surface area (Å²) < 4.78 is 0. The average molecular weight is 667 g/mol. The van der Waals surface area contributed by atoms with Crippen molar-refractivity contribution in [3.05, 3.63) is 159 Å². The first-order chi connectivity index (χ1) is 24.9. The Kier molecular flexibility index (Phi) is 6.82. The number of nitrogens with zero attached hydrogens (tertiary/aromatic N) is 3. The Hall–Kier alpha value is -7.33. The van der Waals surface area contributed by atoms with Crippen LogP contribution in [0.15, 0.2) is 127 Å². The summed E-state index contributed by atoms with van der Waals surface area (Å²) in [6.45, 7) is 0. The van der Waals surface area contributed by atoms with E-state index in [1.165, 1.54) is 24.3 Å². The van der Waals surface area contributed by atoms with Crippen molar-refractivity contribution in [2.24, 2.45) is 0 Å². The van der Waals surface area contributed by atoms with Gasteiger partial charge in [-0.2, -0.15) is 0 Å². The number of benzene rings is 4. The zero-order valence-corrected chi connectivity index (χ0v) is 26.8. The van der Waals surface area contributed by atoms with Crippen LogP contribution in [0.5, 0.6) is 0 Å². The lowest BCUT2D eigenvalue weighted by molar-refractivity contribution is -0.385. The van der Waals surface area contributed by atoms with Crippen LogP contribution in [-0.2, 0) is 0 Å². The van der Waals surface area contributed by atoms with Gasteiger partial charge in [-0.15, -0.1) is 0 Å². The minimum Gasteiger partial charge on any atom is -0.354 e. The Bertz CT molecular complexity index is 2860. The van der Waals surface area contributed by atoms with Crippen molar-refractivity contribution in [3.8, 4) is 33.4 Å². The van der Waals surface area contributed by atoms with Gasteiger partial charge in [0.05, 0.1) is 26.8 Å². The highest BCUT2D eigenvalue weighted by molar-refractivity contribution is 6.07. The van der Waals surface area contributed by atoms with Gasteiger partial charge >= 0.3 is 0 Å². The number of nitro groups is 2. The normalized spacial score (nSPS) is 11.8. The lowest BCUT2D eigenvalue weighted by atomic mass is 9.98. The van der Waals surface area contributed by atoms with Gasteiger partial charge in [-0.05, 0) is 100 Å². The standard InChI is InChI=1S/C41H26N6O4/c48-46(49)27-12-8-25(9-13-27)39-33-18-16-31(42-33)32-17-19-34(43-32)40(26-10-14-28(15-11-26)47(50)51)36-21-23-38(45-36)41(37-22-20-35(39)44-37)30-7-3-5-24-4-1-2-6-29(24)30/h1-23,42,44-45H. The molecule has 0 radical (unpaired) electrons. The Morgan fingerprint density at radius 2 is 0.922 bits per heavy atom. The van der Waals surface area contributed by atoms with Gasteiger partial charge in [0.1, 0.15) is 0 Å². The van der Waals surface area contributed by atoms with Crippen LogP contribution in [-0.4, -0.2) is 29.8 Å². The van der Waals surface area contributed by atoms with Crippen LogP contribution >= 0.6 is 0 Å². The van der Waals surface area contributed by atoms with E-state index in [1.54, 1.807) is 24.3 Å². The first-order valence-electron chi connectivity index (χ1n) is 16.2. The third-order valence-corrected chi connectivity index (χ3v) is 9.37. The minimum atomic E-state index is -0.405. The van der Waals surface area contributed by atoms with Crippen LogP contribution in [0.1, 0.15) is 11.4 Å². The molecule has 0 atom stereocenters. The van der Waals surface area contributed by atoms with Crippen LogP contribution in [0.4, 0.5) is 11.4 Å². The zero-order valence-electron chi connectivity index (χ0n) is 26.8. The second-order valence-corrected chi connectivity index (χ2v) is 12.3. The predicted octanol–water partition coefficient (Wildman–Crippen LogP) is 10.7. The van der Waals surface area contributed by atoms with Gasteiger partial charge in [-0.1, -0.05) is 42.5 Å². The summed E-state index contributed by atoms with van der Waals surface area (Å²) in [5.74, 6) is 0. The molecule has 0 amide bonds. The maximum Gasteiger partial charge on any atom is 0.269 e. The summed E-state index contributed by atoms with van der Waals surface area (Å²) >= 11 is 0. The molecule has 9 rings (SSSR count). The van der Waals surface area contributed by atoms with Crippen molar-refractivity contribution in [1.82, 2.24) is 19.9 Å². The number of hydrogen-bond acceptors (Lipinski definition) is 5. The fourth-order valence-corrected chi connectivity index (χ4v) is 6.99. The maximum atomic E-state index is 11.5. The molecule has 0 spiro atoms. The molecule has 0 saturated carbocycles. The number of rotatable bonds is 5. The molecular weight excluding hydrogens is 640 g/mol. The van der Waals surface area contributed by atoms with E-state index in [2.05, 4.69) is 45.3 Å². The van der Waals surface area contributed by atoms with Gasteiger partial charge in [0, 0.05) is 68.5 Å². The molecule has 0 aliphatic carbocycles. The topological polar surface area (TPSA) is 147 Å². The molecule has 0 fully saturated rings. The SMILES string of the molecule is O=[N+]([O-])c1ccc(-c2c3nc(c4ccc([nH]4)c(-c4ccc([N+](=O)[O-])cc4)c4ccc([nH]4)c(-c4cccc5ccccc45)c4ccc2[nH]4)C=C3)cc1. The molecule has 1 aliphatic rings. The second-order valence-electron chi connectivity index (χ2n) is 12.3. The van der Waals surface area contributed by atoms with Crippen molar-refractivity contribution in [3.63, 3.8) is 0 Å². The Balaban J connectivity index is 1.44. The Morgan fingerprint density at radius 3 is 1.53 bits per heavy atom. The number of aromatic amines is 3. The lowest BCUT2D eigenvalue weighted by Crippen LogP contribution is -1.89. The van der Waals surface area contributed by atoms with Gasteiger partial charge in [0.25, 0.3) is 11.4 Å². The summed E-state index contributed by atoms with van der Waals surface area (Å²) in [6.07, 6.45) is 3.89. The molecule has 8 bridgehead atoms. The van der Waals surface area contributed by atoms with Crippen molar-refractivity contribution in [1.29, 1.82) is 0 Å². The van der Waals surface area contributed by atoms with E-state index in [1.807, 2.05) is 60.7 Å². The number of nitro benzene ring substituents is 2. The van der Waals surface area contributed by atoms with Crippen LogP contribution in [0.3, 0.4) is 0 Å². The van der Waals surface area contributed by atoms with E-state index in [4.69, 9.17) is 4.98 Å². The van der Waals surface area contributed by atoms with Crippen LogP contribution in [0, 0.1) is 20.2 Å². The molecule has 3 N–H and O–H groups in total. The highest BCUT2D eigenvalue weighted by Gasteiger charge is 2.17. The van der Waals surface area contributed by atoms with Crippen molar-refractivity contribution >= 4 is 67.4 Å². The molecule has 51 heavy (non-hydrogen) atoms. The molecule has 10 nitrogen and oxygen atoms in total. The largest absolute Gasteiger partial charge is 0.354 e. The quantitative estimate of drug-likeness (QED) is 0.124. The van der Waals surface area contributed by atoms with Gasteiger partial charge in [0.2, 0.25) is 0 Å². The van der Waals surface area contributed by atoms with Crippen LogP contribution in [0.2, 0.25) is 0 Å². The average Bonchev–Trinajstić information content (AvgIpc) is 3.98.